The molecule has 0 spiro atoms. The summed E-state index contributed by atoms with van der Waals surface area (Å²) in [4.78, 5) is 16.3. The number of carbonyl (C=O) groups is 1. The molecule has 1 fully saturated rings. The Morgan fingerprint density at radius 1 is 1.53 bits per heavy atom. The third-order valence-electron chi connectivity index (χ3n) is 3.46. The molecular formula is C12H18N2O2S. The predicted octanol–water partition coefficient (Wildman–Crippen LogP) is 2.82. The van der Waals surface area contributed by atoms with Gasteiger partial charge in [0.05, 0.1) is 17.8 Å². The number of nitrogens with two attached hydrogens (primary N) is 1. The lowest BCUT2D eigenvalue weighted by Crippen LogP contribution is -2.22. The van der Waals surface area contributed by atoms with Crippen molar-refractivity contribution in [2.45, 2.75) is 38.5 Å². The highest BCUT2D eigenvalue weighted by Crippen LogP contribution is 2.38. The van der Waals surface area contributed by atoms with Crippen molar-refractivity contribution >= 4 is 17.4 Å². The van der Waals surface area contributed by atoms with Gasteiger partial charge in [0.15, 0.2) is 0 Å². The van der Waals surface area contributed by atoms with Gasteiger partial charge in [-0.1, -0.05) is 0 Å². The molecule has 0 atom stereocenters. The van der Waals surface area contributed by atoms with Crippen LogP contribution in [-0.4, -0.2) is 17.7 Å². The minimum absolute atomic E-state index is 0.476. The first-order chi connectivity index (χ1) is 8.16. The molecule has 1 aromatic heterocycles. The Labute approximate surface area is 105 Å². The Morgan fingerprint density at radius 2 is 2.24 bits per heavy atom. The molecule has 1 saturated carbocycles. The summed E-state index contributed by atoms with van der Waals surface area (Å²) in [6.45, 7) is 2.55. The maximum atomic E-state index is 10.5. The number of thiazole rings is 1. The minimum atomic E-state index is -0.662. The summed E-state index contributed by atoms with van der Waals surface area (Å²) in [7, 11) is 0. The van der Waals surface area contributed by atoms with Crippen molar-refractivity contribution in [2.24, 2.45) is 11.7 Å². The molecule has 4 nitrogen and oxygen atoms in total. The van der Waals surface area contributed by atoms with Gasteiger partial charge in [-0.15, -0.1) is 11.3 Å². The summed E-state index contributed by atoms with van der Waals surface area (Å²) in [6, 6.07) is 0. The number of rotatable bonds is 3. The molecule has 0 radical (unpaired) electrons. The van der Waals surface area contributed by atoms with E-state index in [1.165, 1.54) is 10.6 Å². The SMILES string of the molecule is Cc1ncsc1C1CCC(COC(N)=O)CC1. The van der Waals surface area contributed by atoms with Crippen LogP contribution in [0, 0.1) is 12.8 Å². The second-order valence-corrected chi connectivity index (χ2v) is 5.54. The van der Waals surface area contributed by atoms with Gasteiger partial charge in [-0.05, 0) is 44.4 Å². The Morgan fingerprint density at radius 3 is 2.76 bits per heavy atom. The van der Waals surface area contributed by atoms with Crippen LogP contribution < -0.4 is 5.73 Å². The van der Waals surface area contributed by atoms with Crippen LogP contribution >= 0.6 is 11.3 Å². The molecule has 0 unspecified atom stereocenters. The molecule has 1 amide bonds. The van der Waals surface area contributed by atoms with E-state index in [9.17, 15) is 4.79 Å². The van der Waals surface area contributed by atoms with E-state index in [1.54, 1.807) is 11.3 Å². The first-order valence-corrected chi connectivity index (χ1v) is 6.87. The predicted molar refractivity (Wildman–Crippen MR) is 67.1 cm³/mol. The van der Waals surface area contributed by atoms with E-state index >= 15 is 0 Å². The molecular weight excluding hydrogens is 236 g/mol. The van der Waals surface area contributed by atoms with E-state index < -0.39 is 6.09 Å². The average Bonchev–Trinajstić information content (AvgIpc) is 2.73. The lowest BCUT2D eigenvalue weighted by molar-refractivity contribution is 0.122. The smallest absolute Gasteiger partial charge is 0.404 e. The number of nitrogens with zero attached hydrogens (tertiary/aromatic N) is 1. The largest absolute Gasteiger partial charge is 0.449 e. The van der Waals surface area contributed by atoms with Gasteiger partial charge < -0.3 is 10.5 Å². The van der Waals surface area contributed by atoms with Crippen molar-refractivity contribution in [3.05, 3.63) is 16.1 Å². The zero-order valence-electron chi connectivity index (χ0n) is 10.0. The highest BCUT2D eigenvalue weighted by Gasteiger charge is 2.25. The Kier molecular flexibility index (Phi) is 3.99. The molecule has 0 bridgehead atoms. The van der Waals surface area contributed by atoms with E-state index in [0.717, 1.165) is 25.7 Å². The van der Waals surface area contributed by atoms with E-state index in [4.69, 9.17) is 10.5 Å². The standard InChI is InChI=1S/C12H18N2O2S/c1-8-11(17-7-14-8)10-4-2-9(3-5-10)6-16-12(13)15/h7,9-10H,2-6H2,1H3,(H2,13,15). The van der Waals surface area contributed by atoms with Crippen LogP contribution in [0.3, 0.4) is 0 Å². The van der Waals surface area contributed by atoms with Crippen molar-refractivity contribution in [3.63, 3.8) is 0 Å². The fraction of sp³-hybridized carbons (Fsp3) is 0.667. The van der Waals surface area contributed by atoms with E-state index in [0.29, 0.717) is 18.4 Å². The van der Waals surface area contributed by atoms with Crippen LogP contribution in [0.5, 0.6) is 0 Å². The van der Waals surface area contributed by atoms with Gasteiger partial charge in [0, 0.05) is 4.88 Å². The number of amides is 1. The monoisotopic (exact) mass is 254 g/mol. The van der Waals surface area contributed by atoms with E-state index in [1.807, 2.05) is 5.51 Å². The van der Waals surface area contributed by atoms with Crippen LogP contribution in [0.25, 0.3) is 0 Å². The zero-order valence-corrected chi connectivity index (χ0v) is 10.8. The zero-order chi connectivity index (χ0) is 12.3. The summed E-state index contributed by atoms with van der Waals surface area (Å²) in [5, 5.41) is 0. The number of hydrogen-bond donors (Lipinski definition) is 1. The molecule has 2 N–H and O–H groups in total. The van der Waals surface area contributed by atoms with E-state index in [2.05, 4.69) is 11.9 Å². The van der Waals surface area contributed by atoms with Crippen LogP contribution in [-0.2, 0) is 4.74 Å². The first-order valence-electron chi connectivity index (χ1n) is 5.99. The molecule has 5 heteroatoms. The van der Waals surface area contributed by atoms with Crippen molar-refractivity contribution < 1.29 is 9.53 Å². The van der Waals surface area contributed by atoms with Crippen molar-refractivity contribution in [1.29, 1.82) is 0 Å². The minimum Gasteiger partial charge on any atom is -0.449 e. The van der Waals surface area contributed by atoms with Crippen LogP contribution in [0.1, 0.15) is 42.2 Å². The maximum absolute atomic E-state index is 10.5. The Bertz CT molecular complexity index is 384. The van der Waals surface area contributed by atoms with Crippen LogP contribution in [0.15, 0.2) is 5.51 Å². The van der Waals surface area contributed by atoms with Gasteiger partial charge >= 0.3 is 6.09 Å². The molecule has 1 aliphatic carbocycles. The molecule has 1 aromatic rings. The summed E-state index contributed by atoms with van der Waals surface area (Å²) >= 11 is 1.76. The average molecular weight is 254 g/mol. The highest BCUT2D eigenvalue weighted by molar-refractivity contribution is 7.09. The van der Waals surface area contributed by atoms with Crippen LogP contribution in [0.4, 0.5) is 4.79 Å². The van der Waals surface area contributed by atoms with Gasteiger partial charge in [0.2, 0.25) is 0 Å². The summed E-state index contributed by atoms with van der Waals surface area (Å²) in [5.74, 6) is 1.12. The first kappa shape index (κ1) is 12.4. The van der Waals surface area contributed by atoms with Gasteiger partial charge in [-0.3, -0.25) is 0 Å². The third kappa shape index (κ3) is 3.19. The fourth-order valence-electron chi connectivity index (χ4n) is 2.49. The third-order valence-corrected chi connectivity index (χ3v) is 4.55. The molecule has 1 heterocycles. The number of carbonyl (C=O) groups excluding carboxylic acids is 1. The molecule has 0 saturated heterocycles. The summed E-state index contributed by atoms with van der Waals surface area (Å²) in [6.07, 6.45) is 3.88. The molecule has 0 aliphatic heterocycles. The number of primary amides is 1. The lowest BCUT2D eigenvalue weighted by Gasteiger charge is -2.27. The number of aryl methyl sites for hydroxylation is 1. The molecule has 94 valence electrons. The second-order valence-electron chi connectivity index (χ2n) is 4.65. The maximum Gasteiger partial charge on any atom is 0.404 e. The topological polar surface area (TPSA) is 65.2 Å². The Balaban J connectivity index is 1.82. The molecule has 2 rings (SSSR count). The summed E-state index contributed by atoms with van der Waals surface area (Å²) in [5.41, 5.74) is 8.06. The fourth-order valence-corrected chi connectivity index (χ4v) is 3.47. The van der Waals surface area contributed by atoms with Gasteiger partial charge in [-0.25, -0.2) is 9.78 Å². The second kappa shape index (κ2) is 5.49. The summed E-state index contributed by atoms with van der Waals surface area (Å²) < 4.78 is 4.86. The van der Waals surface area contributed by atoms with Crippen molar-refractivity contribution in [1.82, 2.24) is 4.98 Å². The number of ether oxygens (including phenoxy) is 1. The number of hydrogen-bond acceptors (Lipinski definition) is 4. The van der Waals surface area contributed by atoms with Gasteiger partial charge in [0.25, 0.3) is 0 Å². The lowest BCUT2D eigenvalue weighted by atomic mass is 9.81. The molecule has 17 heavy (non-hydrogen) atoms. The van der Waals surface area contributed by atoms with E-state index in [-0.39, 0.29) is 0 Å². The highest BCUT2D eigenvalue weighted by atomic mass is 32.1. The molecule has 0 aromatic carbocycles. The normalized spacial score (nSPS) is 24.5. The molecule has 1 aliphatic rings. The van der Waals surface area contributed by atoms with Crippen molar-refractivity contribution in [2.75, 3.05) is 6.61 Å². The Hall–Kier alpha value is -1.10. The quantitative estimate of drug-likeness (QED) is 0.902. The van der Waals surface area contributed by atoms with Gasteiger partial charge in [-0.2, -0.15) is 0 Å². The van der Waals surface area contributed by atoms with Crippen molar-refractivity contribution in [3.8, 4) is 0 Å². The van der Waals surface area contributed by atoms with Gasteiger partial charge in [0.1, 0.15) is 0 Å². The number of aromatic nitrogens is 1. The van der Waals surface area contributed by atoms with Crippen LogP contribution in [0.2, 0.25) is 0 Å².